The molecule has 1 rings (SSSR count). The van der Waals surface area contributed by atoms with Gasteiger partial charge in [-0.15, -0.1) is 0 Å². The smallest absolute Gasteiger partial charge is 0.224 e. The van der Waals surface area contributed by atoms with Crippen LogP contribution in [0.3, 0.4) is 0 Å². The summed E-state index contributed by atoms with van der Waals surface area (Å²) in [6.45, 7) is 8.28. The number of aryl methyl sites for hydroxylation is 1. The number of nitrogens with one attached hydrogen (secondary N) is 1. The SMILES string of the molecule is CCc1cc(NC(C)(C)C)nc(Cl)n1. The van der Waals surface area contributed by atoms with Crippen LogP contribution >= 0.6 is 11.6 Å². The van der Waals surface area contributed by atoms with Gasteiger partial charge in [0, 0.05) is 17.3 Å². The van der Waals surface area contributed by atoms with Crippen molar-refractivity contribution in [1.82, 2.24) is 9.97 Å². The maximum atomic E-state index is 5.80. The van der Waals surface area contributed by atoms with E-state index in [0.29, 0.717) is 5.28 Å². The van der Waals surface area contributed by atoms with Gasteiger partial charge in [-0.3, -0.25) is 0 Å². The van der Waals surface area contributed by atoms with Crippen molar-refractivity contribution in [2.75, 3.05) is 5.32 Å². The van der Waals surface area contributed by atoms with E-state index >= 15 is 0 Å². The Bertz CT molecular complexity index is 318. The van der Waals surface area contributed by atoms with Gasteiger partial charge in [0.25, 0.3) is 0 Å². The van der Waals surface area contributed by atoms with E-state index in [9.17, 15) is 0 Å². The van der Waals surface area contributed by atoms with E-state index in [0.717, 1.165) is 17.9 Å². The lowest BCUT2D eigenvalue weighted by Gasteiger charge is -2.21. The summed E-state index contributed by atoms with van der Waals surface area (Å²) in [5.74, 6) is 0.786. The summed E-state index contributed by atoms with van der Waals surface area (Å²) in [5, 5.41) is 3.56. The van der Waals surface area contributed by atoms with E-state index in [1.54, 1.807) is 0 Å². The predicted octanol–water partition coefficient (Wildman–Crippen LogP) is 2.90. The fourth-order valence-corrected chi connectivity index (χ4v) is 1.29. The van der Waals surface area contributed by atoms with E-state index in [1.165, 1.54) is 0 Å². The van der Waals surface area contributed by atoms with Crippen molar-refractivity contribution in [2.45, 2.75) is 39.7 Å². The zero-order chi connectivity index (χ0) is 10.8. The Hall–Kier alpha value is -0.830. The zero-order valence-electron chi connectivity index (χ0n) is 9.06. The van der Waals surface area contributed by atoms with Gasteiger partial charge in [0.05, 0.1) is 0 Å². The first-order valence-electron chi connectivity index (χ1n) is 4.72. The predicted molar refractivity (Wildman–Crippen MR) is 59.8 cm³/mol. The highest BCUT2D eigenvalue weighted by atomic mass is 35.5. The molecule has 1 aromatic heterocycles. The van der Waals surface area contributed by atoms with Gasteiger partial charge in [-0.2, -0.15) is 0 Å². The molecule has 0 aliphatic carbocycles. The second-order valence-corrected chi connectivity index (χ2v) is 4.58. The Labute approximate surface area is 89.9 Å². The molecule has 0 saturated carbocycles. The Morgan fingerprint density at radius 2 is 2.00 bits per heavy atom. The van der Waals surface area contributed by atoms with Crippen LogP contribution in [0.5, 0.6) is 0 Å². The van der Waals surface area contributed by atoms with E-state index in [1.807, 2.05) is 13.0 Å². The minimum atomic E-state index is -0.0112. The molecule has 0 saturated heterocycles. The van der Waals surface area contributed by atoms with Crippen LogP contribution in [0.1, 0.15) is 33.4 Å². The minimum absolute atomic E-state index is 0.0112. The number of nitrogens with zero attached hydrogens (tertiary/aromatic N) is 2. The van der Waals surface area contributed by atoms with Crippen molar-refractivity contribution in [3.8, 4) is 0 Å². The molecule has 0 atom stereocenters. The first kappa shape index (κ1) is 11.2. The van der Waals surface area contributed by atoms with Crippen LogP contribution in [0.4, 0.5) is 5.82 Å². The lowest BCUT2D eigenvalue weighted by Crippen LogP contribution is -2.26. The molecular weight excluding hydrogens is 198 g/mol. The molecule has 0 aromatic carbocycles. The normalized spacial score (nSPS) is 11.5. The van der Waals surface area contributed by atoms with Crippen LogP contribution in [-0.4, -0.2) is 15.5 Å². The third kappa shape index (κ3) is 3.50. The lowest BCUT2D eigenvalue weighted by atomic mass is 10.1. The molecule has 0 amide bonds. The number of rotatable bonds is 2. The molecule has 1 heterocycles. The van der Waals surface area contributed by atoms with Crippen molar-refractivity contribution in [3.63, 3.8) is 0 Å². The first-order valence-corrected chi connectivity index (χ1v) is 5.10. The van der Waals surface area contributed by atoms with Gasteiger partial charge >= 0.3 is 0 Å². The zero-order valence-corrected chi connectivity index (χ0v) is 9.81. The monoisotopic (exact) mass is 213 g/mol. The molecule has 1 N–H and O–H groups in total. The van der Waals surface area contributed by atoms with Gasteiger partial charge in [0.1, 0.15) is 5.82 Å². The molecule has 0 unspecified atom stereocenters. The highest BCUT2D eigenvalue weighted by Crippen LogP contribution is 2.15. The van der Waals surface area contributed by atoms with Crippen molar-refractivity contribution < 1.29 is 0 Å². The topological polar surface area (TPSA) is 37.8 Å². The number of hydrogen-bond donors (Lipinski definition) is 1. The summed E-state index contributed by atoms with van der Waals surface area (Å²) in [4.78, 5) is 8.21. The molecule has 0 spiro atoms. The van der Waals surface area contributed by atoms with Gasteiger partial charge in [0.15, 0.2) is 0 Å². The molecule has 14 heavy (non-hydrogen) atoms. The maximum absolute atomic E-state index is 5.80. The molecule has 3 nitrogen and oxygen atoms in total. The van der Waals surface area contributed by atoms with Crippen molar-refractivity contribution in [1.29, 1.82) is 0 Å². The average molecular weight is 214 g/mol. The molecular formula is C10H16ClN3. The van der Waals surface area contributed by atoms with Crippen LogP contribution in [0.25, 0.3) is 0 Å². The fourth-order valence-electron chi connectivity index (χ4n) is 1.09. The van der Waals surface area contributed by atoms with Gasteiger partial charge < -0.3 is 5.32 Å². The molecule has 0 aliphatic rings. The Kier molecular flexibility index (Phi) is 3.32. The Balaban J connectivity index is 2.92. The van der Waals surface area contributed by atoms with Gasteiger partial charge in [-0.1, -0.05) is 6.92 Å². The largest absolute Gasteiger partial charge is 0.365 e. The van der Waals surface area contributed by atoms with E-state index in [2.05, 4.69) is 36.1 Å². The van der Waals surface area contributed by atoms with Crippen molar-refractivity contribution in [3.05, 3.63) is 17.0 Å². The third-order valence-corrected chi connectivity index (χ3v) is 1.79. The standard InChI is InChI=1S/C10H16ClN3/c1-5-7-6-8(13-9(11)12-7)14-10(2,3)4/h6H,5H2,1-4H3,(H,12,13,14). The van der Waals surface area contributed by atoms with Crippen molar-refractivity contribution >= 4 is 17.4 Å². The summed E-state index contributed by atoms with van der Waals surface area (Å²) in [6.07, 6.45) is 0.862. The van der Waals surface area contributed by atoms with Crippen LogP contribution in [0.15, 0.2) is 6.07 Å². The fraction of sp³-hybridized carbons (Fsp3) is 0.600. The molecule has 1 aromatic rings. The van der Waals surface area contributed by atoms with E-state index < -0.39 is 0 Å². The lowest BCUT2D eigenvalue weighted by molar-refractivity contribution is 0.629. The quantitative estimate of drug-likeness (QED) is 0.768. The highest BCUT2D eigenvalue weighted by molar-refractivity contribution is 6.28. The van der Waals surface area contributed by atoms with Crippen LogP contribution in [0.2, 0.25) is 5.28 Å². The summed E-state index contributed by atoms with van der Waals surface area (Å²) in [6, 6.07) is 1.93. The summed E-state index contributed by atoms with van der Waals surface area (Å²) < 4.78 is 0. The van der Waals surface area contributed by atoms with Crippen molar-refractivity contribution in [2.24, 2.45) is 0 Å². The number of hydrogen-bond acceptors (Lipinski definition) is 3. The Morgan fingerprint density at radius 1 is 1.36 bits per heavy atom. The van der Waals surface area contributed by atoms with Gasteiger partial charge in [0.2, 0.25) is 5.28 Å². The molecule has 4 heteroatoms. The second kappa shape index (κ2) is 4.13. The maximum Gasteiger partial charge on any atom is 0.224 e. The van der Waals surface area contributed by atoms with Crippen LogP contribution in [-0.2, 0) is 6.42 Å². The molecule has 0 fully saturated rings. The number of halogens is 1. The third-order valence-electron chi connectivity index (χ3n) is 1.62. The second-order valence-electron chi connectivity index (χ2n) is 4.24. The summed E-state index contributed by atoms with van der Waals surface area (Å²) in [7, 11) is 0. The molecule has 0 aliphatic heterocycles. The van der Waals surface area contributed by atoms with Crippen LogP contribution < -0.4 is 5.32 Å². The number of aromatic nitrogens is 2. The minimum Gasteiger partial charge on any atom is -0.365 e. The summed E-state index contributed by atoms with van der Waals surface area (Å²) in [5.41, 5.74) is 0.944. The number of anilines is 1. The van der Waals surface area contributed by atoms with Gasteiger partial charge in [-0.25, -0.2) is 9.97 Å². The summed E-state index contributed by atoms with van der Waals surface area (Å²) >= 11 is 5.80. The molecule has 0 radical (unpaired) electrons. The van der Waals surface area contributed by atoms with E-state index in [-0.39, 0.29) is 5.54 Å². The van der Waals surface area contributed by atoms with Gasteiger partial charge in [-0.05, 0) is 38.8 Å². The van der Waals surface area contributed by atoms with E-state index in [4.69, 9.17) is 11.6 Å². The molecule has 78 valence electrons. The Morgan fingerprint density at radius 3 is 2.50 bits per heavy atom. The average Bonchev–Trinajstić information content (AvgIpc) is 1.99. The molecule has 0 bridgehead atoms. The first-order chi connectivity index (χ1) is 6.40. The van der Waals surface area contributed by atoms with Crippen LogP contribution in [0, 0.1) is 0 Å². The highest BCUT2D eigenvalue weighted by Gasteiger charge is 2.11.